The molecule has 0 amide bonds. The Kier molecular flexibility index (Phi) is 5.33. The van der Waals surface area contributed by atoms with Gasteiger partial charge in [-0.05, 0) is 59.8 Å². The lowest BCUT2D eigenvalue weighted by Crippen LogP contribution is -1.91. The van der Waals surface area contributed by atoms with Crippen LogP contribution in [0.25, 0.3) is 0 Å². The SMILES string of the molecule is COc1ccc(OP(Cl)Oc2ccc(OC)cc2)cc1. The van der Waals surface area contributed by atoms with Crippen molar-refractivity contribution in [3.05, 3.63) is 48.5 Å². The standard InChI is InChI=1S/C14H14ClO4P/c1-16-11-3-7-13(8-4-11)18-20(15)19-14-9-5-12(17-2)6-10-14/h3-10H,1-2H3. The predicted octanol–water partition coefficient (Wildman–Crippen LogP) is 4.63. The van der Waals surface area contributed by atoms with Gasteiger partial charge in [-0.2, -0.15) is 0 Å². The highest BCUT2D eigenvalue weighted by Gasteiger charge is 2.11. The summed E-state index contributed by atoms with van der Waals surface area (Å²) in [5.74, 6) is 2.76. The van der Waals surface area contributed by atoms with Crippen molar-refractivity contribution in [3.63, 3.8) is 0 Å². The fourth-order valence-corrected chi connectivity index (χ4v) is 2.55. The largest absolute Gasteiger partial charge is 0.497 e. The molecular weight excluding hydrogens is 299 g/mol. The van der Waals surface area contributed by atoms with Crippen LogP contribution >= 0.6 is 19.0 Å². The molecule has 0 spiro atoms. The summed E-state index contributed by atoms with van der Waals surface area (Å²) < 4.78 is 21.1. The number of rotatable bonds is 6. The summed E-state index contributed by atoms with van der Waals surface area (Å²) in [7, 11) is 1.65. The third-order valence-corrected chi connectivity index (χ3v) is 3.60. The van der Waals surface area contributed by atoms with E-state index in [0.29, 0.717) is 11.5 Å². The first kappa shape index (κ1) is 14.8. The zero-order valence-electron chi connectivity index (χ0n) is 11.1. The second kappa shape index (κ2) is 7.22. The number of benzene rings is 2. The molecule has 2 aromatic rings. The van der Waals surface area contributed by atoms with Crippen LogP contribution in [0.15, 0.2) is 48.5 Å². The monoisotopic (exact) mass is 312 g/mol. The molecule has 0 bridgehead atoms. The lowest BCUT2D eigenvalue weighted by Gasteiger charge is -2.12. The van der Waals surface area contributed by atoms with Crippen LogP contribution in [0.1, 0.15) is 0 Å². The van der Waals surface area contributed by atoms with Crippen molar-refractivity contribution >= 4 is 19.0 Å². The van der Waals surface area contributed by atoms with Crippen LogP contribution in [0.2, 0.25) is 0 Å². The molecule has 0 unspecified atom stereocenters. The van der Waals surface area contributed by atoms with Gasteiger partial charge in [-0.15, -0.1) is 0 Å². The first-order chi connectivity index (χ1) is 9.71. The summed E-state index contributed by atoms with van der Waals surface area (Å²) in [6.07, 6.45) is 0. The molecule has 0 atom stereocenters. The lowest BCUT2D eigenvalue weighted by molar-refractivity contribution is 0.413. The van der Waals surface area contributed by atoms with Crippen LogP contribution in [0.4, 0.5) is 0 Å². The average molecular weight is 313 g/mol. The normalized spacial score (nSPS) is 10.2. The van der Waals surface area contributed by atoms with E-state index in [9.17, 15) is 0 Å². The fraction of sp³-hybridized carbons (Fsp3) is 0.143. The van der Waals surface area contributed by atoms with E-state index >= 15 is 0 Å². The second-order valence-electron chi connectivity index (χ2n) is 3.75. The Labute approximate surface area is 123 Å². The third-order valence-electron chi connectivity index (χ3n) is 2.47. The Morgan fingerprint density at radius 1 is 0.650 bits per heavy atom. The number of methoxy groups -OCH3 is 2. The molecule has 2 aromatic carbocycles. The van der Waals surface area contributed by atoms with Crippen molar-refractivity contribution in [2.75, 3.05) is 14.2 Å². The Morgan fingerprint density at radius 3 is 1.25 bits per heavy atom. The number of hydrogen-bond donors (Lipinski definition) is 0. The van der Waals surface area contributed by atoms with Gasteiger partial charge in [-0.25, -0.2) is 0 Å². The molecule has 0 aromatic heterocycles. The Balaban J connectivity index is 1.91. The minimum Gasteiger partial charge on any atom is -0.497 e. The van der Waals surface area contributed by atoms with Crippen molar-refractivity contribution in [3.8, 4) is 23.0 Å². The van der Waals surface area contributed by atoms with E-state index in [1.807, 2.05) is 0 Å². The van der Waals surface area contributed by atoms with Gasteiger partial charge in [-0.1, -0.05) is 0 Å². The second-order valence-corrected chi connectivity index (χ2v) is 5.36. The minimum absolute atomic E-state index is 0.625. The van der Waals surface area contributed by atoms with Gasteiger partial charge in [-0.3, -0.25) is 0 Å². The van der Waals surface area contributed by atoms with Gasteiger partial charge >= 0.3 is 7.73 Å². The maximum Gasteiger partial charge on any atom is 0.401 e. The quantitative estimate of drug-likeness (QED) is 0.729. The average Bonchev–Trinajstić information content (AvgIpc) is 2.49. The third kappa shape index (κ3) is 4.19. The van der Waals surface area contributed by atoms with E-state index in [2.05, 4.69) is 0 Å². The van der Waals surface area contributed by atoms with E-state index in [1.165, 1.54) is 0 Å². The molecule has 0 saturated heterocycles. The summed E-state index contributed by atoms with van der Waals surface area (Å²) in [6.45, 7) is 0. The molecule has 106 valence electrons. The van der Waals surface area contributed by atoms with Gasteiger partial charge in [0.1, 0.15) is 23.0 Å². The van der Waals surface area contributed by atoms with Crippen LogP contribution in [0.3, 0.4) is 0 Å². The maximum atomic E-state index is 6.06. The summed E-state index contributed by atoms with van der Waals surface area (Å²) in [5.41, 5.74) is 0. The number of halogens is 1. The zero-order valence-corrected chi connectivity index (χ0v) is 12.7. The Morgan fingerprint density at radius 2 is 0.950 bits per heavy atom. The van der Waals surface area contributed by atoms with Crippen LogP contribution in [-0.2, 0) is 0 Å². The molecule has 0 radical (unpaired) electrons. The van der Waals surface area contributed by atoms with Gasteiger partial charge in [0.05, 0.1) is 14.2 Å². The van der Waals surface area contributed by atoms with Crippen LogP contribution < -0.4 is 18.5 Å². The van der Waals surface area contributed by atoms with E-state index in [4.69, 9.17) is 29.8 Å². The van der Waals surface area contributed by atoms with Gasteiger partial charge < -0.3 is 18.5 Å². The van der Waals surface area contributed by atoms with Crippen molar-refractivity contribution < 1.29 is 18.5 Å². The molecular formula is C14H14ClO4P. The van der Waals surface area contributed by atoms with Gasteiger partial charge in [0.2, 0.25) is 0 Å². The summed E-state index contributed by atoms with van der Waals surface area (Å²) in [6, 6.07) is 14.3. The van der Waals surface area contributed by atoms with Crippen LogP contribution in [-0.4, -0.2) is 14.2 Å². The predicted molar refractivity (Wildman–Crippen MR) is 80.0 cm³/mol. The molecule has 6 heteroatoms. The summed E-state index contributed by atoms with van der Waals surface area (Å²) in [5, 5.41) is 0. The Hall–Kier alpha value is -1.64. The first-order valence-electron chi connectivity index (χ1n) is 5.81. The van der Waals surface area contributed by atoms with Crippen molar-refractivity contribution in [2.24, 2.45) is 0 Å². The zero-order chi connectivity index (χ0) is 14.4. The van der Waals surface area contributed by atoms with E-state index in [-0.39, 0.29) is 0 Å². The highest BCUT2D eigenvalue weighted by atomic mass is 35.7. The van der Waals surface area contributed by atoms with E-state index in [1.54, 1.807) is 62.8 Å². The first-order valence-corrected chi connectivity index (χ1v) is 7.89. The smallest absolute Gasteiger partial charge is 0.401 e. The topological polar surface area (TPSA) is 36.9 Å². The van der Waals surface area contributed by atoms with Crippen molar-refractivity contribution in [2.45, 2.75) is 0 Å². The van der Waals surface area contributed by atoms with E-state index in [0.717, 1.165) is 11.5 Å². The molecule has 20 heavy (non-hydrogen) atoms. The van der Waals surface area contributed by atoms with Gasteiger partial charge in [0, 0.05) is 0 Å². The molecule has 4 nitrogen and oxygen atoms in total. The molecule has 0 heterocycles. The maximum absolute atomic E-state index is 6.06. The van der Waals surface area contributed by atoms with Crippen molar-refractivity contribution in [1.82, 2.24) is 0 Å². The van der Waals surface area contributed by atoms with Gasteiger partial charge in [0.15, 0.2) is 0 Å². The fourth-order valence-electron chi connectivity index (χ4n) is 1.46. The Bertz CT molecular complexity index is 480. The van der Waals surface area contributed by atoms with Crippen LogP contribution in [0.5, 0.6) is 23.0 Å². The lowest BCUT2D eigenvalue weighted by atomic mass is 10.3. The molecule has 0 aliphatic heterocycles. The number of hydrogen-bond acceptors (Lipinski definition) is 4. The molecule has 0 fully saturated rings. The highest BCUT2D eigenvalue weighted by molar-refractivity contribution is 7.76. The van der Waals surface area contributed by atoms with E-state index < -0.39 is 7.73 Å². The highest BCUT2D eigenvalue weighted by Crippen LogP contribution is 2.45. The molecule has 0 saturated carbocycles. The molecule has 0 aliphatic carbocycles. The summed E-state index contributed by atoms with van der Waals surface area (Å²) in [4.78, 5) is 0. The van der Waals surface area contributed by atoms with Crippen molar-refractivity contribution in [1.29, 1.82) is 0 Å². The summed E-state index contributed by atoms with van der Waals surface area (Å²) >= 11 is 6.06. The molecule has 2 rings (SSSR count). The minimum atomic E-state index is -1.57. The van der Waals surface area contributed by atoms with Crippen LogP contribution in [0, 0.1) is 0 Å². The van der Waals surface area contributed by atoms with Gasteiger partial charge in [0.25, 0.3) is 0 Å². The number of ether oxygens (including phenoxy) is 2. The molecule has 0 N–H and O–H groups in total. The molecule has 0 aliphatic rings.